The Morgan fingerprint density at radius 1 is 1.40 bits per heavy atom. The van der Waals surface area contributed by atoms with Crippen LogP contribution in [-0.4, -0.2) is 24.7 Å². The van der Waals surface area contributed by atoms with E-state index in [1.54, 1.807) is 38.4 Å². The highest BCUT2D eigenvalue weighted by Gasteiger charge is 2.10. The number of oxazole rings is 1. The Kier molecular flexibility index (Phi) is 4.60. The van der Waals surface area contributed by atoms with Crippen LogP contribution in [0.4, 0.5) is 5.69 Å². The Morgan fingerprint density at radius 3 is 2.90 bits per heavy atom. The molecular weight excluding hydrogens is 260 g/mol. The SMILES string of the molecule is CCOC(=O)c1cc(NCc2ncco2)cc(OC)c1. The number of ether oxygens (including phenoxy) is 2. The molecule has 1 aromatic heterocycles. The van der Waals surface area contributed by atoms with Gasteiger partial charge >= 0.3 is 5.97 Å². The van der Waals surface area contributed by atoms with Crippen molar-refractivity contribution in [1.29, 1.82) is 0 Å². The zero-order chi connectivity index (χ0) is 14.4. The monoisotopic (exact) mass is 276 g/mol. The third-order valence-corrected chi connectivity index (χ3v) is 2.58. The number of carbonyl (C=O) groups is 1. The van der Waals surface area contributed by atoms with Crippen LogP contribution in [0.1, 0.15) is 23.2 Å². The van der Waals surface area contributed by atoms with Gasteiger partial charge in [0.05, 0.1) is 32.0 Å². The molecule has 6 nitrogen and oxygen atoms in total. The number of carbonyl (C=O) groups excluding carboxylic acids is 1. The van der Waals surface area contributed by atoms with E-state index in [1.165, 1.54) is 6.26 Å². The average Bonchev–Trinajstić information content (AvgIpc) is 2.98. The number of methoxy groups -OCH3 is 1. The van der Waals surface area contributed by atoms with E-state index >= 15 is 0 Å². The fourth-order valence-electron chi connectivity index (χ4n) is 1.67. The van der Waals surface area contributed by atoms with E-state index in [0.717, 1.165) is 5.69 Å². The molecular formula is C14H16N2O4. The smallest absolute Gasteiger partial charge is 0.338 e. The van der Waals surface area contributed by atoms with Crippen LogP contribution in [0.3, 0.4) is 0 Å². The predicted molar refractivity (Wildman–Crippen MR) is 72.8 cm³/mol. The maximum Gasteiger partial charge on any atom is 0.338 e. The zero-order valence-corrected chi connectivity index (χ0v) is 11.4. The van der Waals surface area contributed by atoms with Crippen molar-refractivity contribution in [1.82, 2.24) is 4.98 Å². The summed E-state index contributed by atoms with van der Waals surface area (Å²) in [6.45, 7) is 2.51. The first-order valence-corrected chi connectivity index (χ1v) is 6.21. The van der Waals surface area contributed by atoms with E-state index in [0.29, 0.717) is 30.4 Å². The number of benzene rings is 1. The maximum absolute atomic E-state index is 11.8. The van der Waals surface area contributed by atoms with E-state index < -0.39 is 0 Å². The van der Waals surface area contributed by atoms with Crippen LogP contribution >= 0.6 is 0 Å². The number of nitrogens with zero attached hydrogens (tertiary/aromatic N) is 1. The van der Waals surface area contributed by atoms with E-state index in [9.17, 15) is 4.79 Å². The van der Waals surface area contributed by atoms with Gasteiger partial charge in [-0.15, -0.1) is 0 Å². The van der Waals surface area contributed by atoms with E-state index in [1.807, 2.05) is 0 Å². The predicted octanol–water partition coefficient (Wildman–Crippen LogP) is 2.47. The first kappa shape index (κ1) is 13.9. The minimum absolute atomic E-state index is 0.328. The summed E-state index contributed by atoms with van der Waals surface area (Å²) in [4.78, 5) is 15.8. The lowest BCUT2D eigenvalue weighted by molar-refractivity contribution is 0.0526. The van der Waals surface area contributed by atoms with Crippen LogP contribution in [0.15, 0.2) is 35.1 Å². The topological polar surface area (TPSA) is 73.6 Å². The van der Waals surface area contributed by atoms with Crippen molar-refractivity contribution in [2.75, 3.05) is 19.0 Å². The molecule has 1 heterocycles. The number of aromatic nitrogens is 1. The van der Waals surface area contributed by atoms with Gasteiger partial charge in [0.1, 0.15) is 12.0 Å². The van der Waals surface area contributed by atoms with Crippen molar-refractivity contribution in [3.05, 3.63) is 42.1 Å². The van der Waals surface area contributed by atoms with Gasteiger partial charge in [-0.05, 0) is 19.1 Å². The molecule has 1 aromatic carbocycles. The average molecular weight is 276 g/mol. The van der Waals surface area contributed by atoms with Crippen molar-refractivity contribution >= 4 is 11.7 Å². The van der Waals surface area contributed by atoms with Crippen LogP contribution in [0.25, 0.3) is 0 Å². The quantitative estimate of drug-likeness (QED) is 0.817. The van der Waals surface area contributed by atoms with Crippen molar-refractivity contribution in [2.45, 2.75) is 13.5 Å². The Hall–Kier alpha value is -2.50. The summed E-state index contributed by atoms with van der Waals surface area (Å²) in [5, 5.41) is 3.12. The Bertz CT molecular complexity index is 567. The standard InChI is InChI=1S/C14H16N2O4/c1-3-19-14(17)10-6-11(8-12(7-10)18-2)16-9-13-15-4-5-20-13/h4-8,16H,3,9H2,1-2H3. The van der Waals surface area contributed by atoms with Gasteiger partial charge < -0.3 is 19.2 Å². The Balaban J connectivity index is 2.14. The Morgan fingerprint density at radius 2 is 2.25 bits per heavy atom. The number of rotatable bonds is 6. The summed E-state index contributed by atoms with van der Waals surface area (Å²) in [7, 11) is 1.54. The van der Waals surface area contributed by atoms with Gasteiger partial charge in [0.2, 0.25) is 5.89 Å². The van der Waals surface area contributed by atoms with Gasteiger partial charge in [0, 0.05) is 11.8 Å². The molecule has 0 saturated carbocycles. The molecule has 1 N–H and O–H groups in total. The Labute approximate surface area is 116 Å². The molecule has 2 rings (SSSR count). The fraction of sp³-hybridized carbons (Fsp3) is 0.286. The second-order valence-corrected chi connectivity index (χ2v) is 3.95. The highest BCUT2D eigenvalue weighted by atomic mass is 16.5. The minimum Gasteiger partial charge on any atom is -0.497 e. The van der Waals surface area contributed by atoms with Gasteiger partial charge in [-0.3, -0.25) is 0 Å². The molecule has 20 heavy (non-hydrogen) atoms. The molecule has 0 aliphatic rings. The van der Waals surface area contributed by atoms with Crippen LogP contribution < -0.4 is 10.1 Å². The van der Waals surface area contributed by atoms with E-state index in [4.69, 9.17) is 13.9 Å². The number of esters is 1. The summed E-state index contributed by atoms with van der Waals surface area (Å²) < 4.78 is 15.3. The summed E-state index contributed by atoms with van der Waals surface area (Å²) in [6.07, 6.45) is 3.08. The summed E-state index contributed by atoms with van der Waals surface area (Å²) in [5.41, 5.74) is 1.16. The van der Waals surface area contributed by atoms with Crippen molar-refractivity contribution in [3.63, 3.8) is 0 Å². The second-order valence-electron chi connectivity index (χ2n) is 3.95. The van der Waals surface area contributed by atoms with Gasteiger partial charge in [0.25, 0.3) is 0 Å². The van der Waals surface area contributed by atoms with Crippen LogP contribution in [-0.2, 0) is 11.3 Å². The second kappa shape index (κ2) is 6.60. The molecule has 0 fully saturated rings. The first-order valence-electron chi connectivity index (χ1n) is 6.21. The highest BCUT2D eigenvalue weighted by molar-refractivity contribution is 5.91. The number of hydrogen-bond donors (Lipinski definition) is 1. The molecule has 0 aliphatic heterocycles. The van der Waals surface area contributed by atoms with Crippen LogP contribution in [0.2, 0.25) is 0 Å². The zero-order valence-electron chi connectivity index (χ0n) is 11.4. The summed E-state index contributed by atoms with van der Waals surface area (Å²) in [5.74, 6) is 0.751. The molecule has 0 radical (unpaired) electrons. The van der Waals surface area contributed by atoms with Crippen molar-refractivity contribution in [2.24, 2.45) is 0 Å². The third kappa shape index (κ3) is 3.50. The van der Waals surface area contributed by atoms with Gasteiger partial charge in [0.15, 0.2) is 0 Å². The molecule has 0 saturated heterocycles. The molecule has 2 aromatic rings. The largest absolute Gasteiger partial charge is 0.497 e. The van der Waals surface area contributed by atoms with Crippen LogP contribution in [0.5, 0.6) is 5.75 Å². The number of nitrogens with one attached hydrogen (secondary N) is 1. The molecule has 6 heteroatoms. The van der Waals surface area contributed by atoms with E-state index in [-0.39, 0.29) is 5.97 Å². The van der Waals surface area contributed by atoms with Gasteiger partial charge in [-0.2, -0.15) is 0 Å². The summed E-state index contributed by atoms with van der Waals surface area (Å²) >= 11 is 0. The molecule has 0 amide bonds. The fourth-order valence-corrected chi connectivity index (χ4v) is 1.67. The van der Waals surface area contributed by atoms with Crippen molar-refractivity contribution in [3.8, 4) is 5.75 Å². The van der Waals surface area contributed by atoms with Gasteiger partial charge in [-0.25, -0.2) is 9.78 Å². The molecule has 0 aliphatic carbocycles. The minimum atomic E-state index is -0.384. The summed E-state index contributed by atoms with van der Waals surface area (Å²) in [6, 6.07) is 5.11. The maximum atomic E-state index is 11.8. The number of anilines is 1. The van der Waals surface area contributed by atoms with E-state index in [2.05, 4.69) is 10.3 Å². The molecule has 0 unspecified atom stereocenters. The number of hydrogen-bond acceptors (Lipinski definition) is 6. The molecule has 106 valence electrons. The molecule has 0 atom stereocenters. The lowest BCUT2D eigenvalue weighted by Gasteiger charge is -2.09. The highest BCUT2D eigenvalue weighted by Crippen LogP contribution is 2.22. The third-order valence-electron chi connectivity index (χ3n) is 2.58. The molecule has 0 spiro atoms. The lowest BCUT2D eigenvalue weighted by atomic mass is 10.2. The van der Waals surface area contributed by atoms with Gasteiger partial charge in [-0.1, -0.05) is 0 Å². The normalized spacial score (nSPS) is 10.1. The van der Waals surface area contributed by atoms with Crippen molar-refractivity contribution < 1.29 is 18.7 Å². The lowest BCUT2D eigenvalue weighted by Crippen LogP contribution is -2.07. The van der Waals surface area contributed by atoms with Crippen LogP contribution in [0, 0.1) is 0 Å². The molecule has 0 bridgehead atoms. The first-order chi connectivity index (χ1) is 9.72.